The molecular weight excluding hydrogens is 376 g/mol. The van der Waals surface area contributed by atoms with Gasteiger partial charge in [0, 0.05) is 65.7 Å². The van der Waals surface area contributed by atoms with E-state index in [2.05, 4.69) is 10.6 Å². The van der Waals surface area contributed by atoms with Crippen LogP contribution in [-0.4, -0.2) is 71.3 Å². The van der Waals surface area contributed by atoms with Crippen LogP contribution in [0.2, 0.25) is 0 Å². The normalized spacial score (nSPS) is 11.8. The summed E-state index contributed by atoms with van der Waals surface area (Å²) in [6.45, 7) is 5.24. The van der Waals surface area contributed by atoms with Crippen LogP contribution >= 0.6 is 0 Å². The standard InChI is InChI=1S/C21H40N2O6/c1-18(24)8-4-5-12-22-20(25)9-6-10-21(26)23-13-7-14-29-17-19(16-28-3)11-15-27-2/h19H,4-17H2,1-3H3,(H,22,25)(H,23,26). The zero-order chi connectivity index (χ0) is 21.7. The van der Waals surface area contributed by atoms with Crippen molar-refractivity contribution >= 4 is 17.6 Å². The van der Waals surface area contributed by atoms with Crippen molar-refractivity contribution in [3.8, 4) is 0 Å². The van der Waals surface area contributed by atoms with Gasteiger partial charge in [-0.3, -0.25) is 9.59 Å². The van der Waals surface area contributed by atoms with E-state index in [1.807, 2.05) is 0 Å². The maximum absolute atomic E-state index is 11.8. The Labute approximate surface area is 175 Å². The van der Waals surface area contributed by atoms with Gasteiger partial charge in [-0.15, -0.1) is 0 Å². The Morgan fingerprint density at radius 2 is 1.41 bits per heavy atom. The first-order chi connectivity index (χ1) is 14.0. The van der Waals surface area contributed by atoms with Gasteiger partial charge in [-0.2, -0.15) is 0 Å². The van der Waals surface area contributed by atoms with Crippen LogP contribution in [0, 0.1) is 5.92 Å². The third kappa shape index (κ3) is 19.6. The lowest BCUT2D eigenvalue weighted by molar-refractivity contribution is -0.122. The summed E-state index contributed by atoms with van der Waals surface area (Å²) in [6.07, 6.45) is 5.00. The molecule has 0 saturated carbocycles. The molecule has 0 aromatic heterocycles. The first-order valence-electron chi connectivity index (χ1n) is 10.6. The van der Waals surface area contributed by atoms with Crippen LogP contribution in [0.5, 0.6) is 0 Å². The van der Waals surface area contributed by atoms with Gasteiger partial charge in [0.1, 0.15) is 5.78 Å². The zero-order valence-electron chi connectivity index (χ0n) is 18.4. The van der Waals surface area contributed by atoms with Gasteiger partial charge in [0.15, 0.2) is 0 Å². The number of hydrogen-bond acceptors (Lipinski definition) is 6. The molecule has 0 spiro atoms. The van der Waals surface area contributed by atoms with Crippen molar-refractivity contribution in [2.24, 2.45) is 5.92 Å². The number of nitrogens with one attached hydrogen (secondary N) is 2. The van der Waals surface area contributed by atoms with Gasteiger partial charge in [-0.1, -0.05) is 0 Å². The first-order valence-corrected chi connectivity index (χ1v) is 10.6. The molecule has 170 valence electrons. The van der Waals surface area contributed by atoms with E-state index in [-0.39, 0.29) is 17.6 Å². The summed E-state index contributed by atoms with van der Waals surface area (Å²) in [4.78, 5) is 34.3. The number of carbonyl (C=O) groups excluding carboxylic acids is 3. The molecule has 0 aliphatic heterocycles. The quantitative estimate of drug-likeness (QED) is 0.294. The number of amides is 2. The molecular formula is C21H40N2O6. The minimum atomic E-state index is -0.0480. The molecule has 0 bridgehead atoms. The minimum absolute atomic E-state index is 0.0448. The Morgan fingerprint density at radius 3 is 2.00 bits per heavy atom. The van der Waals surface area contributed by atoms with Gasteiger partial charge < -0.3 is 29.6 Å². The van der Waals surface area contributed by atoms with Crippen molar-refractivity contribution in [1.82, 2.24) is 10.6 Å². The van der Waals surface area contributed by atoms with E-state index in [0.29, 0.717) is 71.1 Å². The largest absolute Gasteiger partial charge is 0.385 e. The van der Waals surface area contributed by atoms with Crippen LogP contribution in [0.3, 0.4) is 0 Å². The van der Waals surface area contributed by atoms with E-state index in [1.54, 1.807) is 21.1 Å². The fourth-order valence-corrected chi connectivity index (χ4v) is 2.70. The number of Topliss-reactive ketones (excluding diaryl/α,β-unsaturated/α-hetero) is 1. The van der Waals surface area contributed by atoms with Crippen molar-refractivity contribution in [2.45, 2.75) is 58.3 Å². The molecule has 0 aromatic carbocycles. The Bertz CT molecular complexity index is 445. The summed E-state index contributed by atoms with van der Waals surface area (Å²) in [5, 5.41) is 5.66. The molecule has 0 saturated heterocycles. The molecule has 0 aromatic rings. The van der Waals surface area contributed by atoms with Crippen LogP contribution in [0.25, 0.3) is 0 Å². The summed E-state index contributed by atoms with van der Waals surface area (Å²) < 4.78 is 15.9. The molecule has 0 radical (unpaired) electrons. The summed E-state index contributed by atoms with van der Waals surface area (Å²) >= 11 is 0. The van der Waals surface area contributed by atoms with Crippen LogP contribution in [0.1, 0.15) is 58.3 Å². The Morgan fingerprint density at radius 1 is 0.759 bits per heavy atom. The van der Waals surface area contributed by atoms with E-state index in [1.165, 1.54) is 0 Å². The number of carbonyl (C=O) groups is 3. The van der Waals surface area contributed by atoms with E-state index in [4.69, 9.17) is 14.2 Å². The summed E-state index contributed by atoms with van der Waals surface area (Å²) in [5.41, 5.74) is 0. The fourth-order valence-electron chi connectivity index (χ4n) is 2.70. The molecule has 8 nitrogen and oxygen atoms in total. The number of methoxy groups -OCH3 is 2. The molecule has 2 amide bonds. The number of ether oxygens (including phenoxy) is 3. The smallest absolute Gasteiger partial charge is 0.220 e. The lowest BCUT2D eigenvalue weighted by atomic mass is 10.1. The van der Waals surface area contributed by atoms with E-state index in [9.17, 15) is 14.4 Å². The first kappa shape index (κ1) is 27.5. The average Bonchev–Trinajstić information content (AvgIpc) is 2.68. The van der Waals surface area contributed by atoms with Gasteiger partial charge in [-0.25, -0.2) is 0 Å². The predicted molar refractivity (Wildman–Crippen MR) is 112 cm³/mol. The van der Waals surface area contributed by atoms with Crippen molar-refractivity contribution in [3.63, 3.8) is 0 Å². The van der Waals surface area contributed by atoms with Crippen LogP contribution in [0.15, 0.2) is 0 Å². The second-order valence-electron chi connectivity index (χ2n) is 7.24. The highest BCUT2D eigenvalue weighted by atomic mass is 16.5. The highest BCUT2D eigenvalue weighted by Gasteiger charge is 2.09. The molecule has 29 heavy (non-hydrogen) atoms. The van der Waals surface area contributed by atoms with Gasteiger partial charge in [-0.05, 0) is 39.0 Å². The Hall–Kier alpha value is -1.51. The van der Waals surface area contributed by atoms with Gasteiger partial charge in [0.25, 0.3) is 0 Å². The lowest BCUT2D eigenvalue weighted by Gasteiger charge is -2.15. The number of hydrogen-bond donors (Lipinski definition) is 2. The Balaban J connectivity index is 3.55. The van der Waals surface area contributed by atoms with Crippen LogP contribution < -0.4 is 10.6 Å². The summed E-state index contributed by atoms with van der Waals surface area (Å²) in [7, 11) is 3.36. The molecule has 2 N–H and O–H groups in total. The average molecular weight is 417 g/mol. The van der Waals surface area contributed by atoms with Crippen molar-refractivity contribution in [1.29, 1.82) is 0 Å². The molecule has 1 atom stereocenters. The fraction of sp³-hybridized carbons (Fsp3) is 0.857. The third-order valence-corrected chi connectivity index (χ3v) is 4.36. The van der Waals surface area contributed by atoms with Gasteiger partial charge >= 0.3 is 0 Å². The van der Waals surface area contributed by atoms with E-state index in [0.717, 1.165) is 25.7 Å². The number of rotatable bonds is 20. The second-order valence-corrected chi connectivity index (χ2v) is 7.24. The molecule has 0 heterocycles. The maximum atomic E-state index is 11.8. The Kier molecular flexibility index (Phi) is 18.8. The maximum Gasteiger partial charge on any atom is 0.220 e. The lowest BCUT2D eigenvalue weighted by Crippen LogP contribution is -2.27. The monoisotopic (exact) mass is 416 g/mol. The third-order valence-electron chi connectivity index (χ3n) is 4.36. The zero-order valence-corrected chi connectivity index (χ0v) is 18.4. The van der Waals surface area contributed by atoms with E-state index < -0.39 is 0 Å². The molecule has 0 aliphatic rings. The number of ketones is 1. The van der Waals surface area contributed by atoms with Crippen molar-refractivity contribution in [2.75, 3.05) is 53.7 Å². The molecule has 8 heteroatoms. The summed E-state index contributed by atoms with van der Waals surface area (Å²) in [5.74, 6) is 0.394. The molecule has 0 aliphatic carbocycles. The highest BCUT2D eigenvalue weighted by Crippen LogP contribution is 2.05. The molecule has 0 rings (SSSR count). The molecule has 1 unspecified atom stereocenters. The van der Waals surface area contributed by atoms with Crippen molar-refractivity contribution in [3.05, 3.63) is 0 Å². The predicted octanol–water partition coefficient (Wildman–Crippen LogP) is 1.85. The van der Waals surface area contributed by atoms with Crippen LogP contribution in [0.4, 0.5) is 0 Å². The number of unbranched alkanes of at least 4 members (excludes halogenated alkanes) is 1. The SMILES string of the molecule is COCCC(COC)COCCCNC(=O)CCCC(=O)NCCCCC(C)=O. The second kappa shape index (κ2) is 19.8. The van der Waals surface area contributed by atoms with Crippen molar-refractivity contribution < 1.29 is 28.6 Å². The molecule has 0 fully saturated rings. The topological polar surface area (TPSA) is 103 Å². The minimum Gasteiger partial charge on any atom is -0.385 e. The van der Waals surface area contributed by atoms with Gasteiger partial charge in [0.05, 0.1) is 13.2 Å². The van der Waals surface area contributed by atoms with E-state index >= 15 is 0 Å². The van der Waals surface area contributed by atoms with Crippen LogP contribution in [-0.2, 0) is 28.6 Å². The highest BCUT2D eigenvalue weighted by molar-refractivity contribution is 5.78. The van der Waals surface area contributed by atoms with Gasteiger partial charge in [0.2, 0.25) is 11.8 Å². The summed E-state index contributed by atoms with van der Waals surface area (Å²) in [6, 6.07) is 0.